The first-order valence-corrected chi connectivity index (χ1v) is 13.4. The number of anilines is 1. The second-order valence-corrected chi connectivity index (χ2v) is 11.3. The van der Waals surface area contributed by atoms with Crippen molar-refractivity contribution in [1.29, 1.82) is 0 Å². The molecule has 2 fully saturated rings. The number of hydrogen-bond acceptors (Lipinski definition) is 1. The van der Waals surface area contributed by atoms with E-state index in [1.807, 2.05) is 0 Å². The summed E-state index contributed by atoms with van der Waals surface area (Å²) in [7, 11) is 0. The van der Waals surface area contributed by atoms with Gasteiger partial charge in [-0.15, -0.1) is 0 Å². The molecule has 0 heterocycles. The summed E-state index contributed by atoms with van der Waals surface area (Å²) in [5, 5.41) is 0. The largest absolute Gasteiger partial charge is 0.398 e. The molecule has 2 aliphatic carbocycles. The van der Waals surface area contributed by atoms with Crippen LogP contribution >= 0.6 is 0 Å². The SMILES string of the molecule is Cc1cc(C)c(C(c2cc(C3CCCCC3)c(N)cc2C)C(C)C)cc1C1CCCCC1. The quantitative estimate of drug-likeness (QED) is 0.469. The molecule has 4 rings (SSSR count). The Kier molecular flexibility index (Phi) is 7.33. The van der Waals surface area contributed by atoms with Gasteiger partial charge in [-0.05, 0) is 109 Å². The van der Waals surface area contributed by atoms with E-state index in [1.54, 1.807) is 11.1 Å². The van der Waals surface area contributed by atoms with Crippen molar-refractivity contribution in [2.45, 2.75) is 117 Å². The molecule has 0 bridgehead atoms. The Morgan fingerprint density at radius 3 is 1.62 bits per heavy atom. The predicted molar refractivity (Wildman–Crippen MR) is 140 cm³/mol. The first-order chi connectivity index (χ1) is 15.4. The Morgan fingerprint density at radius 2 is 1.09 bits per heavy atom. The molecule has 32 heavy (non-hydrogen) atoms. The average Bonchev–Trinajstić information content (AvgIpc) is 2.77. The summed E-state index contributed by atoms with van der Waals surface area (Å²) in [5.74, 6) is 2.38. The molecule has 2 aromatic carbocycles. The van der Waals surface area contributed by atoms with Crippen molar-refractivity contribution >= 4 is 5.69 Å². The van der Waals surface area contributed by atoms with Crippen LogP contribution in [0.1, 0.15) is 135 Å². The molecule has 1 nitrogen and oxygen atoms in total. The third kappa shape index (κ3) is 4.78. The molecule has 174 valence electrons. The third-order valence-corrected chi connectivity index (χ3v) is 8.55. The summed E-state index contributed by atoms with van der Waals surface area (Å²) in [6, 6.07) is 9.88. The predicted octanol–water partition coefficient (Wildman–Crippen LogP) is 9.08. The summed E-state index contributed by atoms with van der Waals surface area (Å²) in [6.07, 6.45) is 13.6. The number of rotatable bonds is 5. The molecule has 2 N–H and O–H groups in total. The number of aryl methyl sites for hydroxylation is 3. The molecule has 1 heteroatoms. The Morgan fingerprint density at radius 1 is 0.625 bits per heavy atom. The van der Waals surface area contributed by atoms with Crippen LogP contribution in [-0.2, 0) is 0 Å². The minimum Gasteiger partial charge on any atom is -0.398 e. The van der Waals surface area contributed by atoms with Crippen LogP contribution in [0, 0.1) is 26.7 Å². The lowest BCUT2D eigenvalue weighted by molar-refractivity contribution is 0.441. The fourth-order valence-corrected chi connectivity index (χ4v) is 6.83. The van der Waals surface area contributed by atoms with Crippen LogP contribution < -0.4 is 5.73 Å². The van der Waals surface area contributed by atoms with E-state index in [-0.39, 0.29) is 0 Å². The highest BCUT2D eigenvalue weighted by Crippen LogP contribution is 2.43. The molecule has 1 atom stereocenters. The molecule has 1 unspecified atom stereocenters. The molecule has 0 saturated heterocycles. The molecule has 0 amide bonds. The first-order valence-electron chi connectivity index (χ1n) is 13.4. The van der Waals surface area contributed by atoms with Gasteiger partial charge in [0.15, 0.2) is 0 Å². The maximum Gasteiger partial charge on any atom is 0.0352 e. The Balaban J connectivity index is 1.79. The lowest BCUT2D eigenvalue weighted by atomic mass is 9.74. The Bertz CT molecular complexity index is 852. The summed E-state index contributed by atoms with van der Waals surface area (Å²) in [4.78, 5) is 0. The fraction of sp³-hybridized carbons (Fsp3) is 0.613. The van der Waals surface area contributed by atoms with Gasteiger partial charge in [0.05, 0.1) is 0 Å². The Hall–Kier alpha value is -1.76. The van der Waals surface area contributed by atoms with E-state index >= 15 is 0 Å². The number of nitrogen functional groups attached to an aromatic ring is 1. The van der Waals surface area contributed by atoms with E-state index in [1.165, 1.54) is 92.0 Å². The zero-order chi connectivity index (χ0) is 22.8. The molecular weight excluding hydrogens is 386 g/mol. The van der Waals surface area contributed by atoms with Gasteiger partial charge in [-0.3, -0.25) is 0 Å². The normalized spacial score (nSPS) is 19.4. The van der Waals surface area contributed by atoms with Crippen LogP contribution in [0.5, 0.6) is 0 Å². The van der Waals surface area contributed by atoms with E-state index < -0.39 is 0 Å². The third-order valence-electron chi connectivity index (χ3n) is 8.55. The van der Waals surface area contributed by atoms with Crippen molar-refractivity contribution in [3.05, 3.63) is 63.2 Å². The highest BCUT2D eigenvalue weighted by atomic mass is 14.6. The van der Waals surface area contributed by atoms with Gasteiger partial charge in [-0.1, -0.05) is 70.6 Å². The van der Waals surface area contributed by atoms with Gasteiger partial charge in [0.2, 0.25) is 0 Å². The summed E-state index contributed by atoms with van der Waals surface area (Å²) in [6.45, 7) is 11.7. The van der Waals surface area contributed by atoms with E-state index in [0.29, 0.717) is 17.8 Å². The maximum atomic E-state index is 6.61. The minimum absolute atomic E-state index is 0.431. The standard InChI is InChI=1S/C31H45N/c1-20(2)31(27-18-26(21(3)16-22(27)4)24-12-8-6-9-13-24)28-19-29(30(32)17-23(28)5)25-14-10-7-11-15-25/h16-20,24-25,31H,6-15,32H2,1-5H3. The molecule has 2 aromatic rings. The highest BCUT2D eigenvalue weighted by molar-refractivity contribution is 5.57. The lowest BCUT2D eigenvalue weighted by Gasteiger charge is -2.31. The summed E-state index contributed by atoms with van der Waals surface area (Å²) < 4.78 is 0. The molecular formula is C31H45N. The summed E-state index contributed by atoms with van der Waals surface area (Å²) >= 11 is 0. The topological polar surface area (TPSA) is 26.0 Å². The maximum absolute atomic E-state index is 6.61. The summed E-state index contributed by atoms with van der Waals surface area (Å²) in [5.41, 5.74) is 18.0. The molecule has 0 aromatic heterocycles. The number of benzene rings is 2. The second kappa shape index (κ2) is 10.0. The van der Waals surface area contributed by atoms with Crippen molar-refractivity contribution in [3.63, 3.8) is 0 Å². The minimum atomic E-state index is 0.431. The van der Waals surface area contributed by atoms with Gasteiger partial charge in [0.1, 0.15) is 0 Å². The average molecular weight is 432 g/mol. The Labute approximate surface area is 197 Å². The van der Waals surface area contributed by atoms with Crippen LogP contribution in [0.4, 0.5) is 5.69 Å². The van der Waals surface area contributed by atoms with Gasteiger partial charge in [0, 0.05) is 11.6 Å². The van der Waals surface area contributed by atoms with Gasteiger partial charge >= 0.3 is 0 Å². The van der Waals surface area contributed by atoms with E-state index in [4.69, 9.17) is 5.73 Å². The van der Waals surface area contributed by atoms with Gasteiger partial charge in [-0.25, -0.2) is 0 Å². The smallest absolute Gasteiger partial charge is 0.0352 e. The van der Waals surface area contributed by atoms with Crippen LogP contribution in [0.15, 0.2) is 24.3 Å². The van der Waals surface area contributed by atoms with Crippen LogP contribution in [0.3, 0.4) is 0 Å². The van der Waals surface area contributed by atoms with E-state index in [0.717, 1.165) is 11.6 Å². The zero-order valence-electron chi connectivity index (χ0n) is 21.3. The molecule has 2 aliphatic rings. The van der Waals surface area contributed by atoms with Crippen molar-refractivity contribution < 1.29 is 0 Å². The van der Waals surface area contributed by atoms with Crippen molar-refractivity contribution in [2.75, 3.05) is 5.73 Å². The molecule has 0 radical (unpaired) electrons. The highest BCUT2D eigenvalue weighted by Gasteiger charge is 2.27. The van der Waals surface area contributed by atoms with Gasteiger partial charge in [-0.2, -0.15) is 0 Å². The van der Waals surface area contributed by atoms with E-state index in [9.17, 15) is 0 Å². The number of nitrogens with two attached hydrogens (primary N) is 1. The molecule has 0 spiro atoms. The van der Waals surface area contributed by atoms with Crippen LogP contribution in [0.2, 0.25) is 0 Å². The van der Waals surface area contributed by atoms with Crippen LogP contribution in [0.25, 0.3) is 0 Å². The van der Waals surface area contributed by atoms with Crippen molar-refractivity contribution in [2.24, 2.45) is 5.92 Å². The zero-order valence-corrected chi connectivity index (χ0v) is 21.3. The number of hydrogen-bond donors (Lipinski definition) is 1. The fourth-order valence-electron chi connectivity index (χ4n) is 6.83. The molecule has 0 aliphatic heterocycles. The van der Waals surface area contributed by atoms with Crippen molar-refractivity contribution in [3.8, 4) is 0 Å². The van der Waals surface area contributed by atoms with Crippen molar-refractivity contribution in [1.82, 2.24) is 0 Å². The van der Waals surface area contributed by atoms with E-state index in [2.05, 4.69) is 58.9 Å². The molecule has 2 saturated carbocycles. The first kappa shape index (κ1) is 23.4. The van der Waals surface area contributed by atoms with Gasteiger partial charge < -0.3 is 5.73 Å². The van der Waals surface area contributed by atoms with Gasteiger partial charge in [0.25, 0.3) is 0 Å². The van der Waals surface area contributed by atoms with Crippen LogP contribution in [-0.4, -0.2) is 0 Å². The second-order valence-electron chi connectivity index (χ2n) is 11.3. The monoisotopic (exact) mass is 431 g/mol. The lowest BCUT2D eigenvalue weighted by Crippen LogP contribution is -2.16.